The summed E-state index contributed by atoms with van der Waals surface area (Å²) in [5.41, 5.74) is 3.63. The zero-order valence-corrected chi connectivity index (χ0v) is 15.7. The van der Waals surface area contributed by atoms with Gasteiger partial charge in [-0.3, -0.25) is 4.79 Å². The lowest BCUT2D eigenvalue weighted by atomic mass is 9.96. The van der Waals surface area contributed by atoms with Crippen molar-refractivity contribution in [1.82, 2.24) is 5.01 Å². The van der Waals surface area contributed by atoms with E-state index in [-0.39, 0.29) is 11.8 Å². The average Bonchev–Trinajstić information content (AvgIpc) is 3.20. The summed E-state index contributed by atoms with van der Waals surface area (Å²) < 4.78 is 6.11. The molecule has 2 aliphatic rings. The van der Waals surface area contributed by atoms with Gasteiger partial charge < -0.3 is 4.74 Å². The van der Waals surface area contributed by atoms with Crippen molar-refractivity contribution in [2.45, 2.75) is 18.7 Å². The lowest BCUT2D eigenvalue weighted by Crippen LogP contribution is -2.45. The maximum Gasteiger partial charge on any atom is 0.251 e. The molecule has 0 N–H and O–H groups in total. The monoisotopic (exact) mass is 388 g/mol. The van der Waals surface area contributed by atoms with Crippen LogP contribution < -0.4 is 4.74 Å². The molecule has 0 amide bonds. The van der Waals surface area contributed by atoms with Crippen molar-refractivity contribution in [2.24, 2.45) is 5.10 Å². The smallest absolute Gasteiger partial charge is 0.251 e. The number of rotatable bonds is 3. The molecule has 0 saturated carbocycles. The third-order valence-corrected chi connectivity index (χ3v) is 5.41. The summed E-state index contributed by atoms with van der Waals surface area (Å²) >= 11 is 5.97. The highest BCUT2D eigenvalue weighted by Gasteiger charge is 2.43. The van der Waals surface area contributed by atoms with Gasteiger partial charge in [-0.25, -0.2) is 5.01 Å². The quantitative estimate of drug-likeness (QED) is 0.587. The fraction of sp³-hybridized carbons (Fsp3) is 0.130. The number of ketones is 1. The second-order valence-electron chi connectivity index (χ2n) is 6.89. The Hall–Kier alpha value is -3.11. The van der Waals surface area contributed by atoms with Crippen LogP contribution in [0.15, 0.2) is 84.0 Å². The van der Waals surface area contributed by atoms with Gasteiger partial charge in [-0.2, -0.15) is 5.10 Å². The number of halogens is 1. The first kappa shape index (κ1) is 17.0. The van der Waals surface area contributed by atoms with Crippen molar-refractivity contribution < 1.29 is 9.53 Å². The fourth-order valence-electron chi connectivity index (χ4n) is 3.77. The van der Waals surface area contributed by atoms with Gasteiger partial charge in [0.25, 0.3) is 6.23 Å². The lowest BCUT2D eigenvalue weighted by molar-refractivity contribution is -0.00455. The number of hydrogen-bond donors (Lipinski definition) is 0. The predicted molar refractivity (Wildman–Crippen MR) is 109 cm³/mol. The minimum Gasteiger partial charge on any atom is -0.461 e. The normalized spacial score (nSPS) is 20.0. The summed E-state index contributed by atoms with van der Waals surface area (Å²) in [7, 11) is 0. The van der Waals surface area contributed by atoms with E-state index >= 15 is 0 Å². The van der Waals surface area contributed by atoms with Crippen molar-refractivity contribution in [1.29, 1.82) is 0 Å². The number of Topliss-reactive ketones (excluding diaryl/α,β-unsaturated/α-hetero) is 1. The number of ether oxygens (including phenoxy) is 1. The molecular weight excluding hydrogens is 372 g/mol. The van der Waals surface area contributed by atoms with E-state index in [0.717, 1.165) is 29.0 Å². The van der Waals surface area contributed by atoms with Gasteiger partial charge in [0.15, 0.2) is 0 Å². The highest BCUT2D eigenvalue weighted by molar-refractivity contribution is 6.30. The van der Waals surface area contributed by atoms with Gasteiger partial charge in [0.05, 0.1) is 11.8 Å². The van der Waals surface area contributed by atoms with Gasteiger partial charge in [-0.1, -0.05) is 60.1 Å². The summed E-state index contributed by atoms with van der Waals surface area (Å²) in [6.45, 7) is 0. The third-order valence-electron chi connectivity index (χ3n) is 5.16. The van der Waals surface area contributed by atoms with E-state index in [0.29, 0.717) is 10.6 Å². The molecule has 3 aromatic carbocycles. The van der Waals surface area contributed by atoms with E-state index in [1.54, 1.807) is 24.3 Å². The molecule has 0 fully saturated rings. The molecule has 2 heterocycles. The second-order valence-corrected chi connectivity index (χ2v) is 7.33. The van der Waals surface area contributed by atoms with E-state index in [2.05, 4.69) is 0 Å². The zero-order valence-electron chi connectivity index (χ0n) is 15.0. The Morgan fingerprint density at radius 3 is 2.46 bits per heavy atom. The lowest BCUT2D eigenvalue weighted by Gasteiger charge is -2.37. The van der Waals surface area contributed by atoms with Gasteiger partial charge in [0.1, 0.15) is 5.75 Å². The molecule has 138 valence electrons. The Labute approximate surface area is 168 Å². The van der Waals surface area contributed by atoms with Gasteiger partial charge in [0, 0.05) is 22.6 Å². The van der Waals surface area contributed by atoms with Gasteiger partial charge in [0.2, 0.25) is 5.78 Å². The van der Waals surface area contributed by atoms with Gasteiger partial charge in [-0.15, -0.1) is 0 Å². The number of para-hydroxylation sites is 1. The Kier molecular flexibility index (Phi) is 4.14. The molecule has 0 saturated heterocycles. The Morgan fingerprint density at radius 2 is 1.68 bits per heavy atom. The number of carbonyl (C=O) groups excluding carboxylic acids is 1. The van der Waals surface area contributed by atoms with Gasteiger partial charge >= 0.3 is 0 Å². The van der Waals surface area contributed by atoms with E-state index in [1.165, 1.54) is 0 Å². The van der Waals surface area contributed by atoms with Crippen LogP contribution in [0.5, 0.6) is 5.75 Å². The standard InChI is InChI=1S/C23H17ClN2O2/c24-17-12-10-16(11-13-17)22(27)23-26-20(18-8-4-5-9-21(18)28-23)14-19(25-26)15-6-2-1-3-7-15/h1-13,20,23H,14H2/t20-,23-/m1/s1. The summed E-state index contributed by atoms with van der Waals surface area (Å²) in [5.74, 6) is 0.606. The summed E-state index contributed by atoms with van der Waals surface area (Å²) in [4.78, 5) is 13.2. The average molecular weight is 389 g/mol. The van der Waals surface area contributed by atoms with Crippen LogP contribution in [0.3, 0.4) is 0 Å². The van der Waals surface area contributed by atoms with Crippen LogP contribution in [0.2, 0.25) is 5.02 Å². The van der Waals surface area contributed by atoms with Crippen molar-refractivity contribution in [2.75, 3.05) is 0 Å². The van der Waals surface area contributed by atoms with Crippen LogP contribution in [0, 0.1) is 0 Å². The highest BCUT2D eigenvalue weighted by Crippen LogP contribution is 2.43. The first-order valence-corrected chi connectivity index (χ1v) is 9.55. The van der Waals surface area contributed by atoms with E-state index < -0.39 is 6.23 Å². The molecule has 0 aromatic heterocycles. The maximum atomic E-state index is 13.2. The molecular formula is C23H17ClN2O2. The van der Waals surface area contributed by atoms with Crippen LogP contribution in [-0.2, 0) is 0 Å². The molecule has 0 radical (unpaired) electrons. The van der Waals surface area contributed by atoms with Gasteiger partial charge in [-0.05, 0) is 35.9 Å². The molecule has 4 nitrogen and oxygen atoms in total. The van der Waals surface area contributed by atoms with Crippen molar-refractivity contribution in [3.8, 4) is 5.75 Å². The highest BCUT2D eigenvalue weighted by atomic mass is 35.5. The molecule has 0 aliphatic carbocycles. The van der Waals surface area contributed by atoms with Crippen molar-refractivity contribution in [3.05, 3.63) is 101 Å². The summed E-state index contributed by atoms with van der Waals surface area (Å²) in [6, 6.07) is 24.8. The van der Waals surface area contributed by atoms with Crippen molar-refractivity contribution in [3.63, 3.8) is 0 Å². The van der Waals surface area contributed by atoms with E-state index in [1.807, 2.05) is 59.6 Å². The maximum absolute atomic E-state index is 13.2. The first-order valence-electron chi connectivity index (χ1n) is 9.17. The van der Waals surface area contributed by atoms with Crippen LogP contribution in [0.1, 0.15) is 33.9 Å². The number of nitrogens with zero attached hydrogens (tertiary/aromatic N) is 2. The van der Waals surface area contributed by atoms with E-state index in [9.17, 15) is 4.79 Å². The SMILES string of the molecule is O=C(c1ccc(Cl)cc1)[C@H]1Oc2ccccc2[C@H]2CC(c3ccccc3)=NN12. The van der Waals surface area contributed by atoms with Crippen LogP contribution >= 0.6 is 11.6 Å². The molecule has 5 rings (SSSR count). The number of hydrazone groups is 1. The Balaban J connectivity index is 1.56. The predicted octanol–water partition coefficient (Wildman–Crippen LogP) is 5.09. The van der Waals surface area contributed by atoms with E-state index in [4.69, 9.17) is 21.4 Å². The topological polar surface area (TPSA) is 41.9 Å². The first-order chi connectivity index (χ1) is 13.7. The molecule has 3 aromatic rings. The minimum atomic E-state index is -0.803. The van der Waals surface area contributed by atoms with Crippen LogP contribution in [0.4, 0.5) is 0 Å². The minimum absolute atomic E-state index is 0.0265. The molecule has 0 unspecified atom stereocenters. The Morgan fingerprint density at radius 1 is 0.964 bits per heavy atom. The zero-order chi connectivity index (χ0) is 19.1. The second kappa shape index (κ2) is 6.80. The molecule has 2 atom stereocenters. The third kappa shape index (κ3) is 2.86. The Bertz CT molecular complexity index is 1060. The fourth-order valence-corrected chi connectivity index (χ4v) is 3.89. The van der Waals surface area contributed by atoms with Crippen molar-refractivity contribution >= 4 is 23.1 Å². The number of fused-ring (bicyclic) bond motifs is 3. The molecule has 28 heavy (non-hydrogen) atoms. The molecule has 0 spiro atoms. The number of carbonyl (C=O) groups is 1. The largest absolute Gasteiger partial charge is 0.461 e. The number of benzene rings is 3. The van der Waals surface area contributed by atoms with Crippen LogP contribution in [0.25, 0.3) is 0 Å². The van der Waals surface area contributed by atoms with Crippen LogP contribution in [-0.4, -0.2) is 22.7 Å². The molecule has 5 heteroatoms. The summed E-state index contributed by atoms with van der Waals surface area (Å²) in [5, 5.41) is 7.20. The summed E-state index contributed by atoms with van der Waals surface area (Å²) in [6.07, 6.45) is -0.0725. The molecule has 2 aliphatic heterocycles. The number of hydrogen-bond acceptors (Lipinski definition) is 4. The molecule has 0 bridgehead atoms.